The molecule has 2 aromatic rings. The summed E-state index contributed by atoms with van der Waals surface area (Å²) in [6, 6.07) is 7.80. The molecule has 0 radical (unpaired) electrons. The minimum atomic E-state index is 0.0987. The van der Waals surface area contributed by atoms with E-state index in [9.17, 15) is 4.79 Å². The lowest BCUT2D eigenvalue weighted by molar-refractivity contribution is 0.0483. The quantitative estimate of drug-likeness (QED) is 0.809. The van der Waals surface area contributed by atoms with Crippen LogP contribution in [0.3, 0.4) is 0 Å². The molecule has 0 N–H and O–H groups in total. The molecule has 2 saturated heterocycles. The van der Waals surface area contributed by atoms with Gasteiger partial charge in [-0.2, -0.15) is 0 Å². The molecule has 23 heavy (non-hydrogen) atoms. The van der Waals surface area contributed by atoms with E-state index < -0.39 is 0 Å². The average Bonchev–Trinajstić information content (AvgIpc) is 2.65. The molecule has 2 aliphatic heterocycles. The van der Waals surface area contributed by atoms with Crippen molar-refractivity contribution in [2.75, 3.05) is 39.9 Å². The Kier molecular flexibility index (Phi) is 3.62. The fraction of sp³-hybridized carbons (Fsp3) is 0.500. The molecule has 2 fully saturated rings. The molecule has 1 amide bonds. The van der Waals surface area contributed by atoms with Crippen molar-refractivity contribution in [3.05, 3.63) is 35.6 Å². The van der Waals surface area contributed by atoms with Crippen LogP contribution in [-0.4, -0.2) is 61.6 Å². The summed E-state index contributed by atoms with van der Waals surface area (Å²) < 4.78 is 11.4. The van der Waals surface area contributed by atoms with E-state index in [0.29, 0.717) is 12.5 Å². The molecular formula is C18H22N2O3. The second kappa shape index (κ2) is 5.65. The van der Waals surface area contributed by atoms with E-state index in [1.54, 1.807) is 0 Å². The first-order valence-corrected chi connectivity index (χ1v) is 8.17. The first kappa shape index (κ1) is 14.7. The van der Waals surface area contributed by atoms with Gasteiger partial charge in [-0.15, -0.1) is 0 Å². The summed E-state index contributed by atoms with van der Waals surface area (Å²) >= 11 is 0. The Morgan fingerprint density at radius 1 is 1.17 bits per heavy atom. The highest BCUT2D eigenvalue weighted by Crippen LogP contribution is 2.24. The van der Waals surface area contributed by atoms with Crippen molar-refractivity contribution in [1.29, 1.82) is 0 Å². The smallest absolute Gasteiger partial charge is 0.254 e. The van der Waals surface area contributed by atoms with Gasteiger partial charge in [0.05, 0.1) is 19.3 Å². The maximum absolute atomic E-state index is 13.1. The van der Waals surface area contributed by atoms with Gasteiger partial charge in [-0.3, -0.25) is 4.79 Å². The molecule has 2 aliphatic rings. The Labute approximate surface area is 135 Å². The Bertz CT molecular complexity index is 739. The number of furan rings is 1. The largest absolute Gasteiger partial charge is 0.461 e. The minimum absolute atomic E-state index is 0.0987. The summed E-state index contributed by atoms with van der Waals surface area (Å²) in [5, 5.41) is 0.986. The minimum Gasteiger partial charge on any atom is -0.461 e. The van der Waals surface area contributed by atoms with Crippen LogP contribution in [0.25, 0.3) is 11.0 Å². The highest BCUT2D eigenvalue weighted by molar-refractivity contribution is 5.98. The SMILES string of the molecule is Cc1cc2cc(C(=O)N3C[C@H]4COC[C@@H]3CN(C)C4)ccc2o1. The van der Waals surface area contributed by atoms with Crippen LogP contribution in [0.15, 0.2) is 28.7 Å². The van der Waals surface area contributed by atoms with E-state index in [-0.39, 0.29) is 11.9 Å². The van der Waals surface area contributed by atoms with Crippen LogP contribution in [-0.2, 0) is 4.74 Å². The zero-order valence-electron chi connectivity index (χ0n) is 13.6. The van der Waals surface area contributed by atoms with Gasteiger partial charge in [0.1, 0.15) is 11.3 Å². The number of rotatable bonds is 1. The van der Waals surface area contributed by atoms with Crippen molar-refractivity contribution in [3.8, 4) is 0 Å². The molecule has 0 unspecified atom stereocenters. The topological polar surface area (TPSA) is 45.9 Å². The lowest BCUT2D eigenvalue weighted by atomic mass is 10.1. The molecule has 1 aromatic carbocycles. The van der Waals surface area contributed by atoms with E-state index in [1.165, 1.54) is 0 Å². The number of hydrogen-bond acceptors (Lipinski definition) is 4. The lowest BCUT2D eigenvalue weighted by Crippen LogP contribution is -2.45. The van der Waals surface area contributed by atoms with Gasteiger partial charge in [-0.05, 0) is 38.2 Å². The predicted molar refractivity (Wildman–Crippen MR) is 87.6 cm³/mol. The molecule has 0 aliphatic carbocycles. The van der Waals surface area contributed by atoms with Gasteiger partial charge < -0.3 is 19.0 Å². The molecule has 0 saturated carbocycles. The monoisotopic (exact) mass is 314 g/mol. The summed E-state index contributed by atoms with van der Waals surface area (Å²) in [6.45, 7) is 5.92. The van der Waals surface area contributed by atoms with Gasteiger partial charge in [0, 0.05) is 36.5 Å². The van der Waals surface area contributed by atoms with Crippen LogP contribution >= 0.6 is 0 Å². The van der Waals surface area contributed by atoms with Gasteiger partial charge in [0.2, 0.25) is 0 Å². The molecule has 122 valence electrons. The fourth-order valence-corrected chi connectivity index (χ4v) is 3.80. The van der Waals surface area contributed by atoms with Crippen molar-refractivity contribution in [2.24, 2.45) is 5.92 Å². The number of fused-ring (bicyclic) bond motifs is 4. The van der Waals surface area contributed by atoms with E-state index in [4.69, 9.17) is 9.15 Å². The molecule has 2 atom stereocenters. The third-order valence-electron chi connectivity index (χ3n) is 4.80. The second-order valence-electron chi connectivity index (χ2n) is 6.85. The number of carbonyl (C=O) groups is 1. The van der Waals surface area contributed by atoms with E-state index >= 15 is 0 Å². The van der Waals surface area contributed by atoms with Crippen LogP contribution in [0.1, 0.15) is 16.1 Å². The van der Waals surface area contributed by atoms with Crippen LogP contribution in [0.2, 0.25) is 0 Å². The van der Waals surface area contributed by atoms with Crippen LogP contribution < -0.4 is 0 Å². The standard InChI is InChI=1S/C18H22N2O3/c1-12-5-15-6-14(3-4-17(15)23-12)18(21)20-8-13-7-19(2)9-16(20)11-22-10-13/h3-6,13,16H,7-11H2,1-2H3/t13-,16-/m0/s1. The van der Waals surface area contributed by atoms with Gasteiger partial charge in [-0.25, -0.2) is 0 Å². The molecule has 5 nitrogen and oxygen atoms in total. The van der Waals surface area contributed by atoms with Crippen molar-refractivity contribution in [3.63, 3.8) is 0 Å². The summed E-state index contributed by atoms with van der Waals surface area (Å²) in [5.74, 6) is 1.35. The molecule has 0 spiro atoms. The molecule has 5 heteroatoms. The Morgan fingerprint density at radius 3 is 2.91 bits per heavy atom. The number of benzene rings is 1. The van der Waals surface area contributed by atoms with E-state index in [2.05, 4.69) is 11.9 Å². The molecular weight excluding hydrogens is 292 g/mol. The summed E-state index contributed by atoms with van der Waals surface area (Å²) in [4.78, 5) is 17.4. The Balaban J connectivity index is 1.66. The number of hydrogen-bond donors (Lipinski definition) is 0. The van der Waals surface area contributed by atoms with E-state index in [1.807, 2.05) is 36.1 Å². The normalized spacial score (nSPS) is 25.6. The fourth-order valence-electron chi connectivity index (χ4n) is 3.80. The maximum atomic E-state index is 13.1. The van der Waals surface area contributed by atoms with Gasteiger partial charge in [0.15, 0.2) is 0 Å². The first-order chi connectivity index (χ1) is 11.1. The van der Waals surface area contributed by atoms with Crippen LogP contribution in [0, 0.1) is 12.8 Å². The Morgan fingerprint density at radius 2 is 2.04 bits per heavy atom. The van der Waals surface area contributed by atoms with E-state index in [0.717, 1.165) is 48.5 Å². The van der Waals surface area contributed by atoms with Crippen molar-refractivity contribution in [1.82, 2.24) is 9.80 Å². The third kappa shape index (κ3) is 2.75. The summed E-state index contributed by atoms with van der Waals surface area (Å²) in [6.07, 6.45) is 0. The van der Waals surface area contributed by atoms with Crippen LogP contribution in [0.4, 0.5) is 0 Å². The van der Waals surface area contributed by atoms with Gasteiger partial charge in [0.25, 0.3) is 5.91 Å². The molecule has 3 heterocycles. The van der Waals surface area contributed by atoms with Crippen molar-refractivity contribution in [2.45, 2.75) is 13.0 Å². The zero-order chi connectivity index (χ0) is 16.0. The highest BCUT2D eigenvalue weighted by atomic mass is 16.5. The van der Waals surface area contributed by atoms with Gasteiger partial charge in [-0.1, -0.05) is 0 Å². The molecule has 2 bridgehead atoms. The zero-order valence-corrected chi connectivity index (χ0v) is 13.6. The average molecular weight is 314 g/mol. The summed E-state index contributed by atoms with van der Waals surface area (Å²) in [5.41, 5.74) is 1.56. The number of likely N-dealkylation sites (N-methyl/N-ethyl adjacent to an activating group) is 1. The lowest BCUT2D eigenvalue weighted by Gasteiger charge is -2.29. The highest BCUT2D eigenvalue weighted by Gasteiger charge is 2.35. The third-order valence-corrected chi connectivity index (χ3v) is 4.80. The van der Waals surface area contributed by atoms with Crippen molar-refractivity contribution < 1.29 is 13.9 Å². The number of nitrogens with zero attached hydrogens (tertiary/aromatic N) is 2. The number of ether oxygens (including phenoxy) is 1. The Hall–Kier alpha value is -1.85. The van der Waals surface area contributed by atoms with Crippen LogP contribution in [0.5, 0.6) is 0 Å². The maximum Gasteiger partial charge on any atom is 0.254 e. The summed E-state index contributed by atoms with van der Waals surface area (Å²) in [7, 11) is 2.12. The molecule has 1 aromatic heterocycles. The second-order valence-corrected chi connectivity index (χ2v) is 6.85. The predicted octanol–water partition coefficient (Wildman–Crippen LogP) is 2.14. The van der Waals surface area contributed by atoms with Crippen molar-refractivity contribution >= 4 is 16.9 Å². The molecule has 4 rings (SSSR count). The number of aryl methyl sites for hydroxylation is 1. The van der Waals surface area contributed by atoms with Gasteiger partial charge >= 0.3 is 0 Å². The number of amides is 1. The first-order valence-electron chi connectivity index (χ1n) is 8.17. The number of carbonyl (C=O) groups excluding carboxylic acids is 1.